The molecule has 0 rings (SSSR count). The molecule has 0 aliphatic heterocycles. The highest BCUT2D eigenvalue weighted by Gasteiger charge is 2.26. The third kappa shape index (κ3) is 2.64. The number of rotatable bonds is 4. The molecule has 0 aromatic heterocycles. The number of ketones is 1. The van der Waals surface area contributed by atoms with Gasteiger partial charge in [-0.2, -0.15) is 0 Å². The van der Waals surface area contributed by atoms with E-state index < -0.39 is 11.9 Å². The van der Waals surface area contributed by atoms with Gasteiger partial charge in [0, 0.05) is 5.92 Å². The summed E-state index contributed by atoms with van der Waals surface area (Å²) in [4.78, 5) is 21.5. The van der Waals surface area contributed by atoms with Gasteiger partial charge in [0.1, 0.15) is 5.78 Å². The third-order valence-electron chi connectivity index (χ3n) is 2.61. The molecule has 0 amide bonds. The minimum absolute atomic E-state index is 0.0515. The van der Waals surface area contributed by atoms with Gasteiger partial charge in [-0.3, -0.25) is 9.59 Å². The van der Waals surface area contributed by atoms with Crippen LogP contribution >= 0.6 is 0 Å². The lowest BCUT2D eigenvalue weighted by molar-refractivity contribution is -0.143. The molecule has 70 valence electrons. The Bertz CT molecular complexity index is 166. The summed E-state index contributed by atoms with van der Waals surface area (Å²) in [5.41, 5.74) is 0. The summed E-state index contributed by atoms with van der Waals surface area (Å²) in [6.07, 6.45) is 0. The van der Waals surface area contributed by atoms with Crippen LogP contribution < -0.4 is 0 Å². The van der Waals surface area contributed by atoms with Crippen LogP contribution in [0, 0.1) is 17.8 Å². The van der Waals surface area contributed by atoms with E-state index in [1.807, 2.05) is 0 Å². The van der Waals surface area contributed by atoms with Crippen LogP contribution in [0.15, 0.2) is 0 Å². The Hall–Kier alpha value is -0.860. The number of hydrogen-bond acceptors (Lipinski definition) is 2. The van der Waals surface area contributed by atoms with Crippen LogP contribution in [0.2, 0.25) is 0 Å². The van der Waals surface area contributed by atoms with Gasteiger partial charge in [-0.1, -0.05) is 20.8 Å². The fraction of sp³-hybridized carbons (Fsp3) is 0.778. The highest BCUT2D eigenvalue weighted by molar-refractivity contribution is 5.79. The Morgan fingerprint density at radius 1 is 1.08 bits per heavy atom. The number of carboxylic acids is 1. The van der Waals surface area contributed by atoms with Crippen molar-refractivity contribution in [2.45, 2.75) is 27.7 Å². The maximum absolute atomic E-state index is 10.9. The zero-order valence-electron chi connectivity index (χ0n) is 8.00. The van der Waals surface area contributed by atoms with E-state index in [1.165, 1.54) is 6.92 Å². The van der Waals surface area contributed by atoms with Gasteiger partial charge in [-0.05, 0) is 12.8 Å². The molecule has 3 atom stereocenters. The minimum atomic E-state index is -0.837. The normalized spacial score (nSPS) is 18.0. The number of hydrogen-bond donors (Lipinski definition) is 1. The maximum atomic E-state index is 10.9. The second-order valence-corrected chi connectivity index (χ2v) is 3.39. The van der Waals surface area contributed by atoms with Gasteiger partial charge in [0.15, 0.2) is 0 Å². The van der Waals surface area contributed by atoms with Crippen molar-refractivity contribution in [3.63, 3.8) is 0 Å². The number of aliphatic carboxylic acids is 1. The van der Waals surface area contributed by atoms with Crippen molar-refractivity contribution in [1.29, 1.82) is 0 Å². The van der Waals surface area contributed by atoms with Crippen molar-refractivity contribution in [1.82, 2.24) is 0 Å². The Morgan fingerprint density at radius 3 is 1.75 bits per heavy atom. The second kappa shape index (κ2) is 4.24. The van der Waals surface area contributed by atoms with Gasteiger partial charge < -0.3 is 5.11 Å². The van der Waals surface area contributed by atoms with E-state index in [0.717, 1.165) is 0 Å². The molecular formula is C9H16O3. The van der Waals surface area contributed by atoms with Crippen LogP contribution in [0.1, 0.15) is 27.7 Å². The lowest BCUT2D eigenvalue weighted by Crippen LogP contribution is -2.27. The number of carbonyl (C=O) groups is 2. The van der Waals surface area contributed by atoms with Crippen molar-refractivity contribution >= 4 is 11.8 Å². The molecule has 1 N–H and O–H groups in total. The fourth-order valence-corrected chi connectivity index (χ4v) is 1.03. The van der Waals surface area contributed by atoms with Crippen molar-refractivity contribution in [3.05, 3.63) is 0 Å². The molecule has 0 fully saturated rings. The molecule has 12 heavy (non-hydrogen) atoms. The smallest absolute Gasteiger partial charge is 0.306 e. The molecule has 3 unspecified atom stereocenters. The predicted molar refractivity (Wildman–Crippen MR) is 45.8 cm³/mol. The van der Waals surface area contributed by atoms with Crippen molar-refractivity contribution < 1.29 is 14.7 Å². The molecular weight excluding hydrogens is 156 g/mol. The van der Waals surface area contributed by atoms with Gasteiger partial charge in [-0.25, -0.2) is 0 Å². The molecule has 0 spiro atoms. The first-order valence-electron chi connectivity index (χ1n) is 4.11. The molecule has 3 nitrogen and oxygen atoms in total. The summed E-state index contributed by atoms with van der Waals surface area (Å²) in [6, 6.07) is 0. The Kier molecular flexibility index (Phi) is 3.93. The summed E-state index contributed by atoms with van der Waals surface area (Å²) in [5, 5.41) is 8.67. The summed E-state index contributed by atoms with van der Waals surface area (Å²) in [6.45, 7) is 6.69. The predicted octanol–water partition coefficient (Wildman–Crippen LogP) is 1.57. The van der Waals surface area contributed by atoms with E-state index in [1.54, 1.807) is 20.8 Å². The third-order valence-corrected chi connectivity index (χ3v) is 2.61. The number of carboxylic acid groups (broad SMARTS) is 1. The highest BCUT2D eigenvalue weighted by Crippen LogP contribution is 2.21. The molecule has 3 heteroatoms. The summed E-state index contributed by atoms with van der Waals surface area (Å²) in [5.74, 6) is -1.51. The Morgan fingerprint density at radius 2 is 1.50 bits per heavy atom. The van der Waals surface area contributed by atoms with E-state index in [2.05, 4.69) is 0 Å². The van der Waals surface area contributed by atoms with E-state index >= 15 is 0 Å². The van der Waals surface area contributed by atoms with Crippen LogP contribution in [0.3, 0.4) is 0 Å². The zero-order valence-corrected chi connectivity index (χ0v) is 8.00. The summed E-state index contributed by atoms with van der Waals surface area (Å²) in [7, 11) is 0. The van der Waals surface area contributed by atoms with E-state index in [4.69, 9.17) is 5.11 Å². The van der Waals surface area contributed by atoms with Crippen LogP contribution in [0.5, 0.6) is 0 Å². The lowest BCUT2D eigenvalue weighted by atomic mass is 9.83. The van der Waals surface area contributed by atoms with Crippen LogP contribution in [-0.2, 0) is 9.59 Å². The number of Topliss-reactive ketones (excluding diaryl/α,β-unsaturated/α-hetero) is 1. The number of carbonyl (C=O) groups excluding carboxylic acids is 1. The molecule has 0 saturated carbocycles. The Labute approximate surface area is 72.8 Å². The van der Waals surface area contributed by atoms with Gasteiger partial charge in [0.2, 0.25) is 0 Å². The standard InChI is InChI=1S/C9H16O3/c1-5(6(2)8(4)10)7(3)9(11)12/h5-7H,1-4H3,(H,11,12). The zero-order chi connectivity index (χ0) is 9.89. The molecule has 0 aromatic carbocycles. The first-order valence-corrected chi connectivity index (χ1v) is 4.11. The second-order valence-electron chi connectivity index (χ2n) is 3.39. The molecule has 0 radical (unpaired) electrons. The SMILES string of the molecule is CC(=O)C(C)C(C)C(C)C(=O)O. The topological polar surface area (TPSA) is 54.4 Å². The van der Waals surface area contributed by atoms with Crippen LogP contribution in [0.25, 0.3) is 0 Å². The van der Waals surface area contributed by atoms with Crippen LogP contribution in [-0.4, -0.2) is 16.9 Å². The van der Waals surface area contributed by atoms with Gasteiger partial charge in [-0.15, -0.1) is 0 Å². The summed E-state index contributed by atoms with van der Waals surface area (Å²) < 4.78 is 0. The van der Waals surface area contributed by atoms with E-state index in [-0.39, 0.29) is 17.6 Å². The molecule has 0 bridgehead atoms. The van der Waals surface area contributed by atoms with Crippen molar-refractivity contribution in [3.8, 4) is 0 Å². The van der Waals surface area contributed by atoms with Gasteiger partial charge in [0.05, 0.1) is 5.92 Å². The maximum Gasteiger partial charge on any atom is 0.306 e. The molecule has 0 aromatic rings. The van der Waals surface area contributed by atoms with Gasteiger partial charge >= 0.3 is 5.97 Å². The monoisotopic (exact) mass is 172 g/mol. The van der Waals surface area contributed by atoms with Gasteiger partial charge in [0.25, 0.3) is 0 Å². The van der Waals surface area contributed by atoms with Crippen LogP contribution in [0.4, 0.5) is 0 Å². The minimum Gasteiger partial charge on any atom is -0.481 e. The summed E-state index contributed by atoms with van der Waals surface area (Å²) >= 11 is 0. The highest BCUT2D eigenvalue weighted by atomic mass is 16.4. The molecule has 0 aliphatic carbocycles. The quantitative estimate of drug-likeness (QED) is 0.700. The van der Waals surface area contributed by atoms with E-state index in [0.29, 0.717) is 0 Å². The Balaban J connectivity index is 4.28. The van der Waals surface area contributed by atoms with E-state index in [9.17, 15) is 9.59 Å². The fourth-order valence-electron chi connectivity index (χ4n) is 1.03. The average molecular weight is 172 g/mol. The van der Waals surface area contributed by atoms with Crippen molar-refractivity contribution in [2.24, 2.45) is 17.8 Å². The largest absolute Gasteiger partial charge is 0.481 e. The molecule has 0 saturated heterocycles. The molecule has 0 heterocycles. The lowest BCUT2D eigenvalue weighted by Gasteiger charge is -2.20. The first-order chi connectivity index (χ1) is 5.37. The first kappa shape index (κ1) is 11.1. The molecule has 0 aliphatic rings. The average Bonchev–Trinajstić information content (AvgIpc) is 2.00. The van der Waals surface area contributed by atoms with Crippen molar-refractivity contribution in [2.75, 3.05) is 0 Å².